The molecule has 1 amide bonds. The van der Waals surface area contributed by atoms with Gasteiger partial charge in [0, 0.05) is 30.4 Å². The van der Waals surface area contributed by atoms with Gasteiger partial charge in [-0.3, -0.25) is 9.48 Å². The van der Waals surface area contributed by atoms with Gasteiger partial charge in [-0.05, 0) is 36.8 Å². The number of hydrogen-bond acceptors (Lipinski definition) is 4. The van der Waals surface area contributed by atoms with Crippen molar-refractivity contribution in [1.29, 1.82) is 0 Å². The summed E-state index contributed by atoms with van der Waals surface area (Å²) in [5.41, 5.74) is 3.54. The summed E-state index contributed by atoms with van der Waals surface area (Å²) in [7, 11) is 3.49. The summed E-state index contributed by atoms with van der Waals surface area (Å²) in [5, 5.41) is 7.12. The zero-order valence-electron chi connectivity index (χ0n) is 15.7. The van der Waals surface area contributed by atoms with Crippen molar-refractivity contribution in [2.24, 2.45) is 7.05 Å². The fourth-order valence-corrected chi connectivity index (χ4v) is 2.70. The van der Waals surface area contributed by atoms with E-state index < -0.39 is 0 Å². The third-order valence-corrected chi connectivity index (χ3v) is 4.43. The third kappa shape index (κ3) is 4.47. The van der Waals surface area contributed by atoms with Crippen molar-refractivity contribution in [3.63, 3.8) is 0 Å². The van der Waals surface area contributed by atoms with Crippen LogP contribution < -0.4 is 14.8 Å². The van der Waals surface area contributed by atoms with Crippen molar-refractivity contribution >= 4 is 5.91 Å². The fraction of sp³-hybridized carbons (Fsp3) is 0.238. The minimum Gasteiger partial charge on any atom is -0.493 e. The summed E-state index contributed by atoms with van der Waals surface area (Å²) in [6.07, 6.45) is 1.77. The number of nitrogens with zero attached hydrogens (tertiary/aromatic N) is 2. The molecule has 0 spiro atoms. The summed E-state index contributed by atoms with van der Waals surface area (Å²) < 4.78 is 12.9. The summed E-state index contributed by atoms with van der Waals surface area (Å²) >= 11 is 0. The van der Waals surface area contributed by atoms with Crippen molar-refractivity contribution in [3.05, 3.63) is 77.1 Å². The molecular formula is C21H23N3O3. The first-order chi connectivity index (χ1) is 13.1. The molecule has 0 unspecified atom stereocenters. The molecule has 3 aromatic rings. The largest absolute Gasteiger partial charge is 0.493 e. The third-order valence-electron chi connectivity index (χ3n) is 4.43. The number of amides is 1. The average Bonchev–Trinajstić information content (AvgIpc) is 3.03. The molecule has 0 fully saturated rings. The second-order valence-electron chi connectivity index (χ2n) is 6.20. The molecule has 2 aromatic carbocycles. The topological polar surface area (TPSA) is 65.4 Å². The Hall–Kier alpha value is -3.28. The van der Waals surface area contributed by atoms with E-state index in [0.29, 0.717) is 30.2 Å². The number of aryl methyl sites for hydroxylation is 1. The van der Waals surface area contributed by atoms with Crippen molar-refractivity contribution in [1.82, 2.24) is 15.1 Å². The first kappa shape index (κ1) is 18.5. The molecule has 0 aliphatic heterocycles. The molecule has 6 nitrogen and oxygen atoms in total. The predicted octanol–water partition coefficient (Wildman–Crippen LogP) is 3.25. The summed E-state index contributed by atoms with van der Waals surface area (Å²) in [4.78, 5) is 12.5. The molecule has 0 saturated carbocycles. The zero-order valence-corrected chi connectivity index (χ0v) is 15.7. The first-order valence-corrected chi connectivity index (χ1v) is 8.69. The highest BCUT2D eigenvalue weighted by Crippen LogP contribution is 2.26. The molecule has 0 bridgehead atoms. The summed E-state index contributed by atoms with van der Waals surface area (Å²) in [5.74, 6) is 1.22. The van der Waals surface area contributed by atoms with E-state index in [9.17, 15) is 4.79 Å². The van der Waals surface area contributed by atoms with Crippen LogP contribution in [0.4, 0.5) is 0 Å². The van der Waals surface area contributed by atoms with Crippen LogP contribution in [0.25, 0.3) is 0 Å². The Kier molecular flexibility index (Phi) is 5.76. The minimum absolute atomic E-state index is 0.127. The molecule has 0 radical (unpaired) electrons. The maximum Gasteiger partial charge on any atom is 0.251 e. The van der Waals surface area contributed by atoms with Crippen LogP contribution in [-0.4, -0.2) is 22.8 Å². The lowest BCUT2D eigenvalue weighted by molar-refractivity contribution is 0.0950. The number of methoxy groups -OCH3 is 1. The molecule has 6 heteroatoms. The predicted molar refractivity (Wildman–Crippen MR) is 103 cm³/mol. The Labute approximate surface area is 158 Å². The summed E-state index contributed by atoms with van der Waals surface area (Å²) in [6.45, 7) is 2.77. The normalized spacial score (nSPS) is 10.5. The molecular weight excluding hydrogens is 342 g/mol. The van der Waals surface area contributed by atoms with Gasteiger partial charge in [-0.1, -0.05) is 24.3 Å². The van der Waals surface area contributed by atoms with Crippen molar-refractivity contribution in [3.8, 4) is 11.5 Å². The van der Waals surface area contributed by atoms with E-state index in [2.05, 4.69) is 10.4 Å². The molecule has 1 heterocycles. The van der Waals surface area contributed by atoms with Crippen LogP contribution in [0.2, 0.25) is 0 Å². The van der Waals surface area contributed by atoms with E-state index in [1.807, 2.05) is 56.4 Å². The van der Waals surface area contributed by atoms with Crippen LogP contribution in [0.1, 0.15) is 27.2 Å². The van der Waals surface area contributed by atoms with Gasteiger partial charge < -0.3 is 14.8 Å². The Bertz CT molecular complexity index is 934. The molecule has 3 rings (SSSR count). The number of nitrogens with one attached hydrogen (secondary N) is 1. The number of rotatable bonds is 7. The van der Waals surface area contributed by atoms with Crippen LogP contribution in [0.3, 0.4) is 0 Å². The molecule has 1 aromatic heterocycles. The second kappa shape index (κ2) is 8.40. The lowest BCUT2D eigenvalue weighted by Crippen LogP contribution is -2.23. The van der Waals surface area contributed by atoms with Crippen molar-refractivity contribution in [2.75, 3.05) is 7.11 Å². The fourth-order valence-electron chi connectivity index (χ4n) is 2.70. The SMILES string of the molecule is COc1ccccc1OCc1cccc(C(=O)NCc2cnn(C)c2C)c1. The number of para-hydroxylation sites is 2. The van der Waals surface area contributed by atoms with Gasteiger partial charge >= 0.3 is 0 Å². The monoisotopic (exact) mass is 365 g/mol. The standard InChI is InChI=1S/C21H23N3O3/c1-15-18(13-23-24(15)2)12-22-21(25)17-8-6-7-16(11-17)14-27-20-10-5-4-9-19(20)26-3/h4-11,13H,12,14H2,1-3H3,(H,22,25). The maximum atomic E-state index is 12.5. The zero-order chi connectivity index (χ0) is 19.2. The Morgan fingerprint density at radius 3 is 2.63 bits per heavy atom. The lowest BCUT2D eigenvalue weighted by Gasteiger charge is -2.11. The molecule has 0 aliphatic carbocycles. The van der Waals surface area contributed by atoms with Crippen LogP contribution in [-0.2, 0) is 20.2 Å². The highest BCUT2D eigenvalue weighted by molar-refractivity contribution is 5.94. The quantitative estimate of drug-likeness (QED) is 0.698. The van der Waals surface area contributed by atoms with Crippen molar-refractivity contribution in [2.45, 2.75) is 20.1 Å². The Morgan fingerprint density at radius 2 is 1.93 bits per heavy atom. The highest BCUT2D eigenvalue weighted by atomic mass is 16.5. The Balaban J connectivity index is 1.62. The molecule has 1 N–H and O–H groups in total. The second-order valence-corrected chi connectivity index (χ2v) is 6.20. The average molecular weight is 365 g/mol. The molecule has 140 valence electrons. The molecule has 0 saturated heterocycles. The number of carbonyl (C=O) groups is 1. The molecule has 27 heavy (non-hydrogen) atoms. The van der Waals surface area contributed by atoms with Gasteiger partial charge in [-0.2, -0.15) is 5.10 Å². The maximum absolute atomic E-state index is 12.5. The molecule has 0 atom stereocenters. The van der Waals surface area contributed by atoms with E-state index in [-0.39, 0.29) is 5.91 Å². The van der Waals surface area contributed by atoms with Crippen LogP contribution >= 0.6 is 0 Å². The number of carbonyl (C=O) groups excluding carboxylic acids is 1. The smallest absolute Gasteiger partial charge is 0.251 e. The van der Waals surface area contributed by atoms with E-state index in [0.717, 1.165) is 16.8 Å². The number of aromatic nitrogens is 2. The van der Waals surface area contributed by atoms with Crippen LogP contribution in [0, 0.1) is 6.92 Å². The van der Waals surface area contributed by atoms with E-state index >= 15 is 0 Å². The van der Waals surface area contributed by atoms with Crippen LogP contribution in [0.5, 0.6) is 11.5 Å². The van der Waals surface area contributed by atoms with Gasteiger partial charge in [-0.15, -0.1) is 0 Å². The number of ether oxygens (including phenoxy) is 2. The van der Waals surface area contributed by atoms with Gasteiger partial charge in [0.15, 0.2) is 11.5 Å². The van der Waals surface area contributed by atoms with Crippen molar-refractivity contribution < 1.29 is 14.3 Å². The number of hydrogen-bond donors (Lipinski definition) is 1. The molecule has 0 aliphatic rings. The van der Waals surface area contributed by atoms with E-state index in [4.69, 9.17) is 9.47 Å². The van der Waals surface area contributed by atoms with E-state index in [1.54, 1.807) is 24.1 Å². The van der Waals surface area contributed by atoms with Gasteiger partial charge in [0.1, 0.15) is 6.61 Å². The van der Waals surface area contributed by atoms with Gasteiger partial charge in [0.2, 0.25) is 0 Å². The van der Waals surface area contributed by atoms with Gasteiger partial charge in [0.05, 0.1) is 13.3 Å². The van der Waals surface area contributed by atoms with Gasteiger partial charge in [0.25, 0.3) is 5.91 Å². The highest BCUT2D eigenvalue weighted by Gasteiger charge is 2.10. The minimum atomic E-state index is -0.127. The van der Waals surface area contributed by atoms with Gasteiger partial charge in [-0.25, -0.2) is 0 Å². The number of benzene rings is 2. The summed E-state index contributed by atoms with van der Waals surface area (Å²) in [6, 6.07) is 14.9. The van der Waals surface area contributed by atoms with E-state index in [1.165, 1.54) is 0 Å². The Morgan fingerprint density at radius 1 is 1.15 bits per heavy atom. The lowest BCUT2D eigenvalue weighted by atomic mass is 10.1. The first-order valence-electron chi connectivity index (χ1n) is 8.69. The van der Waals surface area contributed by atoms with Crippen LogP contribution in [0.15, 0.2) is 54.7 Å².